The van der Waals surface area contributed by atoms with Gasteiger partial charge in [-0.05, 0) is 31.0 Å². The standard InChI is InChI=1S/C13H14ClF3N2O3S/c14-11-4-3-9(7-10(11)13(15,16)17)23(21,22)18-8-12(20)19-5-1-2-6-19/h3-4,7,18H,1-2,5-6,8H2. The molecule has 1 N–H and O–H groups in total. The lowest BCUT2D eigenvalue weighted by Gasteiger charge is -2.16. The maximum Gasteiger partial charge on any atom is 0.417 e. The molecule has 1 amide bonds. The van der Waals surface area contributed by atoms with Gasteiger partial charge < -0.3 is 4.90 Å². The fourth-order valence-corrected chi connectivity index (χ4v) is 3.43. The third-order valence-electron chi connectivity index (χ3n) is 3.43. The Bertz CT molecular complexity index is 701. The average molecular weight is 371 g/mol. The molecule has 1 saturated heterocycles. The average Bonchev–Trinajstić information content (AvgIpc) is 2.98. The number of amides is 1. The monoisotopic (exact) mass is 370 g/mol. The van der Waals surface area contributed by atoms with Crippen molar-refractivity contribution in [1.82, 2.24) is 9.62 Å². The summed E-state index contributed by atoms with van der Waals surface area (Å²) in [5, 5.41) is -0.593. The Kier molecular flexibility index (Phi) is 5.22. The van der Waals surface area contributed by atoms with Crippen molar-refractivity contribution in [3.05, 3.63) is 28.8 Å². The quantitative estimate of drug-likeness (QED) is 0.884. The fraction of sp³-hybridized carbons (Fsp3) is 0.462. The Balaban J connectivity index is 2.14. The van der Waals surface area contributed by atoms with Crippen LogP contribution in [0.5, 0.6) is 0 Å². The highest BCUT2D eigenvalue weighted by Gasteiger charge is 2.34. The van der Waals surface area contributed by atoms with Crippen molar-refractivity contribution < 1.29 is 26.4 Å². The van der Waals surface area contributed by atoms with E-state index >= 15 is 0 Å². The number of carbonyl (C=O) groups excluding carboxylic acids is 1. The maximum absolute atomic E-state index is 12.8. The summed E-state index contributed by atoms with van der Waals surface area (Å²) in [5.74, 6) is -0.406. The zero-order valence-corrected chi connectivity index (χ0v) is 13.4. The molecule has 0 spiro atoms. The second-order valence-electron chi connectivity index (χ2n) is 5.05. The van der Waals surface area contributed by atoms with Crippen LogP contribution in [0.2, 0.25) is 5.02 Å². The topological polar surface area (TPSA) is 66.5 Å². The third kappa shape index (κ3) is 4.36. The van der Waals surface area contributed by atoms with Crippen LogP contribution in [0.4, 0.5) is 13.2 Å². The number of benzene rings is 1. The molecule has 1 aliphatic heterocycles. The number of sulfonamides is 1. The first kappa shape index (κ1) is 18.0. The van der Waals surface area contributed by atoms with Gasteiger partial charge in [-0.1, -0.05) is 11.6 Å². The molecule has 0 unspecified atom stereocenters. The normalized spacial score (nSPS) is 15.9. The van der Waals surface area contributed by atoms with E-state index in [-0.39, 0.29) is 0 Å². The first-order valence-electron chi connectivity index (χ1n) is 6.75. The van der Waals surface area contributed by atoms with Gasteiger partial charge in [0.25, 0.3) is 0 Å². The molecule has 23 heavy (non-hydrogen) atoms. The highest BCUT2D eigenvalue weighted by atomic mass is 35.5. The molecule has 0 aromatic heterocycles. The van der Waals surface area contributed by atoms with Crippen molar-refractivity contribution in [2.75, 3.05) is 19.6 Å². The fourth-order valence-electron chi connectivity index (χ4n) is 2.21. The molecule has 0 aliphatic carbocycles. The SMILES string of the molecule is O=C(CNS(=O)(=O)c1ccc(Cl)c(C(F)(F)F)c1)N1CCCC1. The third-order valence-corrected chi connectivity index (χ3v) is 5.15. The summed E-state index contributed by atoms with van der Waals surface area (Å²) in [6.07, 6.45) is -3.07. The van der Waals surface area contributed by atoms with E-state index in [1.54, 1.807) is 0 Å². The number of likely N-dealkylation sites (tertiary alicyclic amines) is 1. The molecule has 0 radical (unpaired) electrons. The van der Waals surface area contributed by atoms with Gasteiger partial charge in [0.05, 0.1) is 22.0 Å². The largest absolute Gasteiger partial charge is 0.417 e. The summed E-state index contributed by atoms with van der Waals surface area (Å²) in [5.41, 5.74) is -1.24. The number of hydrogen-bond donors (Lipinski definition) is 1. The number of nitrogens with zero attached hydrogens (tertiary/aromatic N) is 1. The molecule has 0 bridgehead atoms. The van der Waals surface area contributed by atoms with Crippen molar-refractivity contribution in [3.8, 4) is 0 Å². The molecule has 10 heteroatoms. The predicted molar refractivity (Wildman–Crippen MR) is 77.5 cm³/mol. The number of alkyl halides is 3. The molecule has 128 valence electrons. The second kappa shape index (κ2) is 6.66. The van der Waals surface area contributed by atoms with Gasteiger partial charge in [0, 0.05) is 13.1 Å². The molecule has 5 nitrogen and oxygen atoms in total. The van der Waals surface area contributed by atoms with Gasteiger partial charge in [-0.2, -0.15) is 13.2 Å². The van der Waals surface area contributed by atoms with Crippen LogP contribution in [-0.4, -0.2) is 38.9 Å². The van der Waals surface area contributed by atoms with Gasteiger partial charge in [-0.15, -0.1) is 0 Å². The van der Waals surface area contributed by atoms with Crippen molar-refractivity contribution in [1.29, 1.82) is 0 Å². The molecule has 2 rings (SSSR count). The van der Waals surface area contributed by atoms with Crippen molar-refractivity contribution in [3.63, 3.8) is 0 Å². The van der Waals surface area contributed by atoms with Crippen LogP contribution in [0.15, 0.2) is 23.1 Å². The first-order chi connectivity index (χ1) is 10.6. The van der Waals surface area contributed by atoms with E-state index in [2.05, 4.69) is 0 Å². The molecule has 1 heterocycles. The van der Waals surface area contributed by atoms with Crippen LogP contribution < -0.4 is 4.72 Å². The van der Waals surface area contributed by atoms with E-state index in [0.29, 0.717) is 19.2 Å². The van der Waals surface area contributed by atoms with Gasteiger partial charge in [-0.25, -0.2) is 13.1 Å². The van der Waals surface area contributed by atoms with E-state index in [0.717, 1.165) is 25.0 Å². The molecular formula is C13H14ClF3N2O3S. The van der Waals surface area contributed by atoms with Crippen LogP contribution in [0.25, 0.3) is 0 Å². The zero-order valence-electron chi connectivity index (χ0n) is 11.9. The first-order valence-corrected chi connectivity index (χ1v) is 8.61. The molecule has 0 saturated carbocycles. The zero-order chi connectivity index (χ0) is 17.3. The number of hydrogen-bond acceptors (Lipinski definition) is 3. The lowest BCUT2D eigenvalue weighted by Crippen LogP contribution is -2.38. The summed E-state index contributed by atoms with van der Waals surface area (Å²) in [6, 6.07) is 2.27. The van der Waals surface area contributed by atoms with Crippen LogP contribution in [-0.2, 0) is 21.0 Å². The molecule has 1 aromatic carbocycles. The molecule has 1 aliphatic rings. The van der Waals surface area contributed by atoms with E-state index in [1.807, 2.05) is 4.72 Å². The molecule has 0 atom stereocenters. The Morgan fingerprint density at radius 1 is 1.26 bits per heavy atom. The second-order valence-corrected chi connectivity index (χ2v) is 7.23. The van der Waals surface area contributed by atoms with Gasteiger partial charge in [0.1, 0.15) is 0 Å². The van der Waals surface area contributed by atoms with Crippen LogP contribution in [0.3, 0.4) is 0 Å². The number of carbonyl (C=O) groups is 1. The van der Waals surface area contributed by atoms with E-state index < -0.39 is 44.1 Å². The Labute approximate surface area is 136 Å². The smallest absolute Gasteiger partial charge is 0.342 e. The van der Waals surface area contributed by atoms with E-state index in [1.165, 1.54) is 4.90 Å². The maximum atomic E-state index is 12.8. The summed E-state index contributed by atoms with van der Waals surface area (Å²) in [6.45, 7) is 0.617. The van der Waals surface area contributed by atoms with E-state index in [9.17, 15) is 26.4 Å². The van der Waals surface area contributed by atoms with Gasteiger partial charge in [0.15, 0.2) is 0 Å². The van der Waals surface area contributed by atoms with Gasteiger partial charge in [0.2, 0.25) is 15.9 Å². The van der Waals surface area contributed by atoms with Gasteiger partial charge in [-0.3, -0.25) is 4.79 Å². The number of nitrogens with one attached hydrogen (secondary N) is 1. The lowest BCUT2D eigenvalue weighted by molar-refractivity contribution is -0.137. The molecule has 1 fully saturated rings. The minimum absolute atomic E-state index is 0.406. The number of halogens is 4. The Morgan fingerprint density at radius 3 is 2.43 bits per heavy atom. The van der Waals surface area contributed by atoms with Crippen molar-refractivity contribution >= 4 is 27.5 Å². The molecular weight excluding hydrogens is 357 g/mol. The van der Waals surface area contributed by atoms with Gasteiger partial charge >= 0.3 is 6.18 Å². The predicted octanol–water partition coefficient (Wildman–Crippen LogP) is 2.26. The number of rotatable bonds is 4. The van der Waals surface area contributed by atoms with Crippen LogP contribution in [0.1, 0.15) is 18.4 Å². The lowest BCUT2D eigenvalue weighted by atomic mass is 10.2. The van der Waals surface area contributed by atoms with Crippen molar-refractivity contribution in [2.24, 2.45) is 0 Å². The summed E-state index contributed by atoms with van der Waals surface area (Å²) in [4.78, 5) is 12.7. The highest BCUT2D eigenvalue weighted by Crippen LogP contribution is 2.35. The Morgan fingerprint density at radius 2 is 1.87 bits per heavy atom. The minimum Gasteiger partial charge on any atom is -0.342 e. The summed E-state index contributed by atoms with van der Waals surface area (Å²) in [7, 11) is -4.24. The minimum atomic E-state index is -4.77. The van der Waals surface area contributed by atoms with Crippen LogP contribution >= 0.6 is 11.6 Å². The van der Waals surface area contributed by atoms with Crippen molar-refractivity contribution in [2.45, 2.75) is 23.9 Å². The van der Waals surface area contributed by atoms with E-state index in [4.69, 9.17) is 11.6 Å². The van der Waals surface area contributed by atoms with Crippen LogP contribution in [0, 0.1) is 0 Å². The molecule has 1 aromatic rings. The Hall–Kier alpha value is -1.32. The summed E-state index contributed by atoms with van der Waals surface area (Å²) < 4.78 is 64.4. The summed E-state index contributed by atoms with van der Waals surface area (Å²) >= 11 is 5.45. The highest BCUT2D eigenvalue weighted by molar-refractivity contribution is 7.89.